The van der Waals surface area contributed by atoms with Gasteiger partial charge in [-0.25, -0.2) is 0 Å². The van der Waals surface area contributed by atoms with Crippen molar-refractivity contribution in [2.75, 3.05) is 5.32 Å². The number of carbonyl (C=O) groups is 1. The van der Waals surface area contributed by atoms with E-state index in [0.29, 0.717) is 29.6 Å². The molecular formula is C26H28N2O2. The Morgan fingerprint density at radius 1 is 1.13 bits per heavy atom. The lowest BCUT2D eigenvalue weighted by Gasteiger charge is -2.48. The zero-order valence-corrected chi connectivity index (χ0v) is 17.7. The quantitative estimate of drug-likeness (QED) is 0.548. The maximum absolute atomic E-state index is 12.6. The Bertz CT molecular complexity index is 1160. The first-order valence-electron chi connectivity index (χ1n) is 11.3. The highest BCUT2D eigenvalue weighted by Crippen LogP contribution is 2.59. The van der Waals surface area contributed by atoms with Crippen molar-refractivity contribution in [1.29, 1.82) is 0 Å². The van der Waals surface area contributed by atoms with E-state index in [-0.39, 0.29) is 5.41 Å². The number of rotatable bonds is 2. The fraction of sp³-hybridized carbons (Fsp3) is 0.462. The van der Waals surface area contributed by atoms with Gasteiger partial charge >= 0.3 is 0 Å². The Balaban J connectivity index is 1.35. The van der Waals surface area contributed by atoms with Crippen LogP contribution < -0.4 is 5.32 Å². The molecule has 1 heterocycles. The molecule has 154 valence electrons. The molecule has 1 aromatic heterocycles. The van der Waals surface area contributed by atoms with Crippen LogP contribution in [0.3, 0.4) is 0 Å². The summed E-state index contributed by atoms with van der Waals surface area (Å²) < 4.78 is 6.05. The average molecular weight is 401 g/mol. The number of aryl methyl sites for hydroxylation is 2. The number of hydrogen-bond donors (Lipinski definition) is 1. The van der Waals surface area contributed by atoms with Gasteiger partial charge in [0.2, 0.25) is 0 Å². The third-order valence-electron chi connectivity index (χ3n) is 8.24. The highest BCUT2D eigenvalue weighted by molar-refractivity contribution is 5.87. The number of carbonyl (C=O) groups excluding carboxylic acids is 1. The SMILES string of the molecule is Cc1cccc(Nc2nc3c4c(ccc3o2)[C@H]2CC[C@]3(C)C(=O)CC[C@H]3[C@@H]2CC4)c1. The standard InChI is InChI=1S/C26H28N2O2/c1-15-4-3-5-16(14-15)27-25-28-24-20-7-6-19-18(17(20)8-10-22(24)30-25)12-13-26(2)21(19)9-11-23(26)29/h3-5,8,10,14,18-19,21H,6-7,9,11-13H2,1-2H3,(H,27,28)/t18-,19-,21+,26+/m1/s1. The number of fused-ring (bicyclic) bond motifs is 7. The molecule has 3 aliphatic rings. The number of Topliss-reactive ketones (excluding diaryl/α,β-unsaturated/α-hetero) is 1. The van der Waals surface area contributed by atoms with E-state index in [4.69, 9.17) is 9.40 Å². The van der Waals surface area contributed by atoms with Crippen LogP contribution in [-0.4, -0.2) is 10.8 Å². The molecule has 2 aromatic carbocycles. The largest absolute Gasteiger partial charge is 0.423 e. The maximum atomic E-state index is 12.6. The van der Waals surface area contributed by atoms with Crippen LogP contribution >= 0.6 is 0 Å². The lowest BCUT2D eigenvalue weighted by Crippen LogP contribution is -2.42. The van der Waals surface area contributed by atoms with Gasteiger partial charge in [0.15, 0.2) is 5.58 Å². The van der Waals surface area contributed by atoms with Gasteiger partial charge in [0.1, 0.15) is 11.3 Å². The van der Waals surface area contributed by atoms with Crippen LogP contribution in [0.15, 0.2) is 40.8 Å². The fourth-order valence-electron chi connectivity index (χ4n) is 6.73. The summed E-state index contributed by atoms with van der Waals surface area (Å²) in [7, 11) is 0. The molecule has 2 saturated carbocycles. The fourth-order valence-corrected chi connectivity index (χ4v) is 6.73. The lowest BCUT2D eigenvalue weighted by molar-refractivity contribution is -0.129. The molecule has 2 fully saturated rings. The third kappa shape index (κ3) is 2.59. The van der Waals surface area contributed by atoms with Crippen LogP contribution in [0.1, 0.15) is 61.6 Å². The molecule has 6 rings (SSSR count). The van der Waals surface area contributed by atoms with Crippen molar-refractivity contribution in [1.82, 2.24) is 4.98 Å². The van der Waals surface area contributed by atoms with E-state index in [2.05, 4.69) is 43.4 Å². The topological polar surface area (TPSA) is 55.1 Å². The van der Waals surface area contributed by atoms with Crippen LogP contribution in [0.5, 0.6) is 0 Å². The van der Waals surface area contributed by atoms with Gasteiger partial charge in [0, 0.05) is 17.5 Å². The number of benzene rings is 2. The maximum Gasteiger partial charge on any atom is 0.300 e. The minimum absolute atomic E-state index is 0.0679. The average Bonchev–Trinajstić information content (AvgIpc) is 3.28. The second-order valence-corrected chi connectivity index (χ2v) is 9.83. The number of ketones is 1. The van der Waals surface area contributed by atoms with E-state index in [1.165, 1.54) is 16.7 Å². The van der Waals surface area contributed by atoms with Gasteiger partial charge in [-0.3, -0.25) is 4.79 Å². The predicted octanol–water partition coefficient (Wildman–Crippen LogP) is 6.31. The summed E-state index contributed by atoms with van der Waals surface area (Å²) in [6.07, 6.45) is 6.22. The van der Waals surface area contributed by atoms with Crippen molar-refractivity contribution < 1.29 is 9.21 Å². The van der Waals surface area contributed by atoms with Gasteiger partial charge in [0.05, 0.1) is 0 Å². The highest BCUT2D eigenvalue weighted by atomic mass is 16.4. The summed E-state index contributed by atoms with van der Waals surface area (Å²) in [6, 6.07) is 13.2. The summed E-state index contributed by atoms with van der Waals surface area (Å²) in [5.74, 6) is 2.27. The van der Waals surface area contributed by atoms with E-state index in [1.807, 2.05) is 12.1 Å². The van der Waals surface area contributed by atoms with E-state index >= 15 is 0 Å². The van der Waals surface area contributed by atoms with E-state index in [9.17, 15) is 4.79 Å². The number of anilines is 2. The summed E-state index contributed by atoms with van der Waals surface area (Å²) in [5.41, 5.74) is 6.82. The van der Waals surface area contributed by atoms with Crippen LogP contribution in [0, 0.1) is 24.2 Å². The summed E-state index contributed by atoms with van der Waals surface area (Å²) in [5, 5.41) is 3.32. The summed E-state index contributed by atoms with van der Waals surface area (Å²) in [6.45, 7) is 4.32. The van der Waals surface area contributed by atoms with Crippen molar-refractivity contribution in [2.24, 2.45) is 17.3 Å². The number of hydrogen-bond acceptors (Lipinski definition) is 4. The smallest absolute Gasteiger partial charge is 0.300 e. The Morgan fingerprint density at radius 3 is 2.90 bits per heavy atom. The number of aromatic nitrogens is 1. The van der Waals surface area contributed by atoms with Gasteiger partial charge in [-0.2, -0.15) is 4.98 Å². The molecule has 4 heteroatoms. The molecule has 4 atom stereocenters. The molecule has 0 amide bonds. The van der Waals surface area contributed by atoms with Crippen LogP contribution in [0.4, 0.5) is 11.7 Å². The van der Waals surface area contributed by atoms with Gasteiger partial charge in [-0.1, -0.05) is 25.1 Å². The predicted molar refractivity (Wildman–Crippen MR) is 118 cm³/mol. The molecule has 3 aliphatic carbocycles. The zero-order valence-electron chi connectivity index (χ0n) is 17.7. The summed E-state index contributed by atoms with van der Waals surface area (Å²) >= 11 is 0. The van der Waals surface area contributed by atoms with Crippen molar-refractivity contribution in [3.05, 3.63) is 53.1 Å². The Hall–Kier alpha value is -2.62. The molecule has 1 N–H and O–H groups in total. The lowest BCUT2D eigenvalue weighted by atomic mass is 9.55. The first-order chi connectivity index (χ1) is 14.5. The van der Waals surface area contributed by atoms with Gasteiger partial charge < -0.3 is 9.73 Å². The second kappa shape index (κ2) is 6.44. The first-order valence-corrected chi connectivity index (χ1v) is 11.3. The zero-order chi connectivity index (χ0) is 20.5. The monoisotopic (exact) mass is 400 g/mol. The van der Waals surface area contributed by atoms with Gasteiger partial charge in [-0.15, -0.1) is 0 Å². The van der Waals surface area contributed by atoms with Gasteiger partial charge in [0.25, 0.3) is 6.01 Å². The van der Waals surface area contributed by atoms with Crippen molar-refractivity contribution in [2.45, 2.75) is 58.3 Å². The normalized spacial score (nSPS) is 30.1. The molecule has 3 aromatic rings. The third-order valence-corrected chi connectivity index (χ3v) is 8.24. The Morgan fingerprint density at radius 2 is 2.03 bits per heavy atom. The molecule has 30 heavy (non-hydrogen) atoms. The molecule has 0 bridgehead atoms. The molecule has 0 spiro atoms. The van der Waals surface area contributed by atoms with Crippen molar-refractivity contribution in [3.8, 4) is 0 Å². The van der Waals surface area contributed by atoms with E-state index in [0.717, 1.165) is 55.3 Å². The van der Waals surface area contributed by atoms with Crippen LogP contribution in [0.2, 0.25) is 0 Å². The molecular weight excluding hydrogens is 372 g/mol. The Kier molecular flexibility index (Phi) is 3.90. The number of nitrogens with zero attached hydrogens (tertiary/aromatic N) is 1. The molecule has 4 nitrogen and oxygen atoms in total. The van der Waals surface area contributed by atoms with Crippen molar-refractivity contribution >= 4 is 28.6 Å². The Labute approximate surface area is 177 Å². The first kappa shape index (κ1) is 18.2. The van der Waals surface area contributed by atoms with Gasteiger partial charge in [-0.05, 0) is 91.7 Å². The molecule has 0 saturated heterocycles. The van der Waals surface area contributed by atoms with E-state index < -0.39 is 0 Å². The minimum atomic E-state index is -0.0679. The van der Waals surface area contributed by atoms with Crippen LogP contribution in [0.25, 0.3) is 11.1 Å². The highest BCUT2D eigenvalue weighted by Gasteiger charge is 2.54. The second-order valence-electron chi connectivity index (χ2n) is 9.83. The number of oxazole rings is 1. The summed E-state index contributed by atoms with van der Waals surface area (Å²) in [4.78, 5) is 17.4. The molecule has 0 unspecified atom stereocenters. The van der Waals surface area contributed by atoms with Crippen molar-refractivity contribution in [3.63, 3.8) is 0 Å². The number of nitrogens with one attached hydrogen (secondary N) is 1. The minimum Gasteiger partial charge on any atom is -0.423 e. The van der Waals surface area contributed by atoms with E-state index in [1.54, 1.807) is 0 Å². The molecule has 0 radical (unpaired) electrons. The molecule has 0 aliphatic heterocycles. The van der Waals surface area contributed by atoms with Crippen LogP contribution in [-0.2, 0) is 11.2 Å².